The Balaban J connectivity index is 1.72. The second-order valence-electron chi connectivity index (χ2n) is 8.47. The average molecular weight is 358 g/mol. The minimum atomic E-state index is -0.691. The number of amides is 1. The van der Waals surface area contributed by atoms with Gasteiger partial charge in [0.25, 0.3) is 0 Å². The van der Waals surface area contributed by atoms with Crippen LogP contribution in [0.1, 0.15) is 45.0 Å². The first-order valence-electron chi connectivity index (χ1n) is 9.39. The number of hydrogen-bond donors (Lipinski definition) is 1. The van der Waals surface area contributed by atoms with Gasteiger partial charge in [-0.05, 0) is 42.5 Å². The summed E-state index contributed by atoms with van der Waals surface area (Å²) < 4.78 is 0. The Morgan fingerprint density at radius 2 is 1.67 bits per heavy atom. The SMILES string of the molecule is CC1(C)[C@]2(C)CC[C@@]1(C(=O)Nc1cccnc1)c1nc3ccccc3nc12. The standard InChI is InChI=1S/C22H22N4O/c1-20(2)21(3)10-11-22(20,19(27)24-14-7-6-12-23-13-14)18-17(21)25-15-8-4-5-9-16(15)26-18/h4-9,12-13H,10-11H2,1-3H3,(H,24,27)/t21-,22+/m1/s1. The van der Waals surface area contributed by atoms with Gasteiger partial charge in [-0.15, -0.1) is 0 Å². The molecule has 2 aliphatic rings. The Hall–Kier alpha value is -2.82. The lowest BCUT2D eigenvalue weighted by Gasteiger charge is -2.39. The molecule has 5 nitrogen and oxygen atoms in total. The number of carbonyl (C=O) groups is 1. The van der Waals surface area contributed by atoms with Gasteiger partial charge in [0.15, 0.2) is 0 Å². The summed E-state index contributed by atoms with van der Waals surface area (Å²) in [6, 6.07) is 11.6. The van der Waals surface area contributed by atoms with Crippen LogP contribution < -0.4 is 5.32 Å². The molecular weight excluding hydrogens is 336 g/mol. The van der Waals surface area contributed by atoms with Crippen LogP contribution in [0.4, 0.5) is 5.69 Å². The minimum Gasteiger partial charge on any atom is -0.324 e. The monoisotopic (exact) mass is 358 g/mol. The van der Waals surface area contributed by atoms with Gasteiger partial charge in [-0.1, -0.05) is 32.9 Å². The molecule has 1 fully saturated rings. The van der Waals surface area contributed by atoms with Crippen LogP contribution >= 0.6 is 0 Å². The third-order valence-electron chi connectivity index (χ3n) is 7.25. The summed E-state index contributed by atoms with van der Waals surface area (Å²) in [6.07, 6.45) is 5.09. The number of anilines is 1. The van der Waals surface area contributed by atoms with Crippen molar-refractivity contribution in [1.82, 2.24) is 15.0 Å². The van der Waals surface area contributed by atoms with E-state index in [1.54, 1.807) is 12.4 Å². The van der Waals surface area contributed by atoms with Gasteiger partial charge in [0.05, 0.1) is 39.7 Å². The number of nitrogens with zero attached hydrogens (tertiary/aromatic N) is 3. The summed E-state index contributed by atoms with van der Waals surface area (Å²) in [4.78, 5) is 27.7. The Kier molecular flexibility index (Phi) is 3.10. The Morgan fingerprint density at radius 1 is 0.963 bits per heavy atom. The smallest absolute Gasteiger partial charge is 0.237 e. The average Bonchev–Trinajstić information content (AvgIpc) is 2.97. The molecule has 2 heterocycles. The van der Waals surface area contributed by atoms with Crippen molar-refractivity contribution >= 4 is 22.6 Å². The maximum absolute atomic E-state index is 13.6. The zero-order valence-corrected chi connectivity index (χ0v) is 15.8. The van der Waals surface area contributed by atoms with E-state index in [9.17, 15) is 4.79 Å². The molecule has 1 N–H and O–H groups in total. The molecule has 1 aromatic carbocycles. The van der Waals surface area contributed by atoms with Crippen LogP contribution in [0.25, 0.3) is 11.0 Å². The zero-order valence-electron chi connectivity index (χ0n) is 15.8. The van der Waals surface area contributed by atoms with Gasteiger partial charge in [0.1, 0.15) is 0 Å². The van der Waals surface area contributed by atoms with Gasteiger partial charge < -0.3 is 5.32 Å². The fraction of sp³-hybridized carbons (Fsp3) is 0.364. The normalized spacial score (nSPS) is 27.5. The molecule has 27 heavy (non-hydrogen) atoms. The molecule has 136 valence electrons. The molecule has 0 spiro atoms. The lowest BCUT2D eigenvalue weighted by molar-refractivity contribution is -0.125. The highest BCUT2D eigenvalue weighted by Crippen LogP contribution is 2.70. The first-order chi connectivity index (χ1) is 12.9. The van der Waals surface area contributed by atoms with Crippen molar-refractivity contribution in [2.75, 3.05) is 5.32 Å². The van der Waals surface area contributed by atoms with Crippen LogP contribution in [0.2, 0.25) is 0 Å². The van der Waals surface area contributed by atoms with E-state index in [-0.39, 0.29) is 16.7 Å². The number of fused-ring (bicyclic) bond motifs is 6. The van der Waals surface area contributed by atoms with E-state index in [0.717, 1.165) is 35.3 Å². The van der Waals surface area contributed by atoms with Crippen LogP contribution in [-0.4, -0.2) is 20.9 Å². The van der Waals surface area contributed by atoms with Crippen LogP contribution in [0.3, 0.4) is 0 Å². The van der Waals surface area contributed by atoms with E-state index in [4.69, 9.17) is 9.97 Å². The van der Waals surface area contributed by atoms with Crippen molar-refractivity contribution in [3.05, 3.63) is 60.2 Å². The fourth-order valence-electron chi connectivity index (χ4n) is 5.22. The number of benzene rings is 1. The highest BCUT2D eigenvalue weighted by Gasteiger charge is 2.73. The first kappa shape index (κ1) is 16.4. The van der Waals surface area contributed by atoms with E-state index in [0.29, 0.717) is 5.69 Å². The zero-order chi connectivity index (χ0) is 18.9. The predicted molar refractivity (Wildman–Crippen MR) is 104 cm³/mol. The van der Waals surface area contributed by atoms with Crippen molar-refractivity contribution in [1.29, 1.82) is 0 Å². The molecule has 2 atom stereocenters. The first-order valence-corrected chi connectivity index (χ1v) is 9.39. The van der Waals surface area contributed by atoms with Gasteiger partial charge >= 0.3 is 0 Å². The Morgan fingerprint density at radius 3 is 2.33 bits per heavy atom. The largest absolute Gasteiger partial charge is 0.324 e. The molecule has 5 rings (SSSR count). The molecule has 0 unspecified atom stereocenters. The lowest BCUT2D eigenvalue weighted by Crippen LogP contribution is -2.48. The third-order valence-corrected chi connectivity index (χ3v) is 7.25. The number of aromatic nitrogens is 3. The molecule has 0 saturated heterocycles. The number of nitrogens with one attached hydrogen (secondary N) is 1. The summed E-state index contributed by atoms with van der Waals surface area (Å²) in [6.45, 7) is 6.62. The van der Waals surface area contributed by atoms with E-state index >= 15 is 0 Å². The third kappa shape index (κ3) is 1.84. The Labute approximate surface area is 158 Å². The predicted octanol–water partition coefficient (Wildman–Crippen LogP) is 3.99. The van der Waals surface area contributed by atoms with Crippen LogP contribution in [-0.2, 0) is 15.6 Å². The maximum atomic E-state index is 13.6. The minimum absolute atomic E-state index is 0.00689. The summed E-state index contributed by atoms with van der Waals surface area (Å²) in [5.74, 6) is -0.00689. The molecule has 0 radical (unpaired) electrons. The summed E-state index contributed by atoms with van der Waals surface area (Å²) in [5, 5.41) is 3.09. The summed E-state index contributed by atoms with van der Waals surface area (Å²) in [7, 11) is 0. The molecule has 1 amide bonds. The van der Waals surface area contributed by atoms with E-state index < -0.39 is 5.41 Å². The molecule has 2 aromatic heterocycles. The molecule has 3 aromatic rings. The maximum Gasteiger partial charge on any atom is 0.237 e. The van der Waals surface area contributed by atoms with E-state index in [2.05, 4.69) is 31.1 Å². The molecule has 5 heteroatoms. The quantitative estimate of drug-likeness (QED) is 0.752. The van der Waals surface area contributed by atoms with Crippen LogP contribution in [0, 0.1) is 5.41 Å². The number of rotatable bonds is 2. The van der Waals surface area contributed by atoms with Crippen molar-refractivity contribution in [2.45, 2.75) is 44.4 Å². The van der Waals surface area contributed by atoms with Crippen LogP contribution in [0.5, 0.6) is 0 Å². The van der Waals surface area contributed by atoms with Gasteiger partial charge in [0.2, 0.25) is 5.91 Å². The van der Waals surface area contributed by atoms with Crippen molar-refractivity contribution in [2.24, 2.45) is 5.41 Å². The van der Waals surface area contributed by atoms with Crippen molar-refractivity contribution in [3.63, 3.8) is 0 Å². The molecule has 0 aliphatic heterocycles. The molecular formula is C22H22N4O. The van der Waals surface area contributed by atoms with Gasteiger partial charge in [-0.3, -0.25) is 9.78 Å². The summed E-state index contributed by atoms with van der Waals surface area (Å²) >= 11 is 0. The second-order valence-corrected chi connectivity index (χ2v) is 8.47. The lowest BCUT2D eigenvalue weighted by atomic mass is 9.63. The topological polar surface area (TPSA) is 67.8 Å². The highest BCUT2D eigenvalue weighted by atomic mass is 16.2. The Bertz CT molecular complexity index is 1080. The summed E-state index contributed by atoms with van der Waals surface area (Å²) in [5.41, 5.74) is 3.13. The second kappa shape index (κ2) is 5.12. The van der Waals surface area contributed by atoms with Gasteiger partial charge in [0, 0.05) is 11.6 Å². The number of para-hydroxylation sites is 2. The van der Waals surface area contributed by atoms with Gasteiger partial charge in [-0.2, -0.15) is 0 Å². The number of hydrogen-bond acceptors (Lipinski definition) is 4. The van der Waals surface area contributed by atoms with E-state index in [1.807, 2.05) is 36.4 Å². The molecule has 2 bridgehead atoms. The fourth-order valence-corrected chi connectivity index (χ4v) is 5.22. The van der Waals surface area contributed by atoms with Crippen molar-refractivity contribution < 1.29 is 4.79 Å². The molecule has 2 aliphatic carbocycles. The number of carbonyl (C=O) groups excluding carboxylic acids is 1. The highest BCUT2D eigenvalue weighted by molar-refractivity contribution is 6.01. The van der Waals surface area contributed by atoms with E-state index in [1.165, 1.54) is 0 Å². The van der Waals surface area contributed by atoms with Gasteiger partial charge in [-0.25, -0.2) is 9.97 Å². The van der Waals surface area contributed by atoms with Crippen LogP contribution in [0.15, 0.2) is 48.8 Å². The van der Waals surface area contributed by atoms with Crippen molar-refractivity contribution in [3.8, 4) is 0 Å². The molecule has 1 saturated carbocycles. The number of pyridine rings is 1.